The quantitative estimate of drug-likeness (QED) is 0.833. The van der Waals surface area contributed by atoms with Gasteiger partial charge in [-0.15, -0.1) is 11.3 Å². The van der Waals surface area contributed by atoms with Gasteiger partial charge in [0, 0.05) is 18.0 Å². The van der Waals surface area contributed by atoms with Crippen LogP contribution in [0.1, 0.15) is 24.3 Å². The molecule has 2 atom stereocenters. The third kappa shape index (κ3) is 1.95. The Morgan fingerprint density at radius 3 is 3.14 bits per heavy atom. The second-order valence-electron chi connectivity index (χ2n) is 3.77. The number of aliphatic carboxylic acids is 1. The average Bonchev–Trinajstić information content (AvgIpc) is 2.75. The Balaban J connectivity index is 2.00. The maximum Gasteiger partial charge on any atom is 0.306 e. The van der Waals surface area contributed by atoms with Gasteiger partial charge in [0.15, 0.2) is 0 Å². The first-order valence-electron chi connectivity index (χ1n) is 4.88. The largest absolute Gasteiger partial charge is 0.481 e. The summed E-state index contributed by atoms with van der Waals surface area (Å²) in [4.78, 5) is 15.1. The van der Waals surface area contributed by atoms with Crippen molar-refractivity contribution in [2.24, 2.45) is 11.8 Å². The van der Waals surface area contributed by atoms with Crippen LogP contribution in [0.5, 0.6) is 0 Å². The fourth-order valence-corrected chi connectivity index (χ4v) is 2.90. The van der Waals surface area contributed by atoms with E-state index in [0.29, 0.717) is 5.92 Å². The minimum atomic E-state index is -0.635. The zero-order valence-electron chi connectivity index (χ0n) is 7.85. The molecule has 1 aliphatic rings. The number of carboxylic acids is 1. The standard InChI is InChI=1S/C10H13NO2S/c12-10(13)8-3-1-2-7(8)6-9-11-4-5-14-9/h4-5,7-8H,1-3,6H2,(H,12,13). The summed E-state index contributed by atoms with van der Waals surface area (Å²) in [5, 5.41) is 12.0. The van der Waals surface area contributed by atoms with Crippen LogP contribution in [-0.2, 0) is 11.2 Å². The predicted octanol–water partition coefficient (Wildman–Crippen LogP) is 2.19. The van der Waals surface area contributed by atoms with Crippen LogP contribution in [-0.4, -0.2) is 16.1 Å². The van der Waals surface area contributed by atoms with Crippen molar-refractivity contribution in [3.63, 3.8) is 0 Å². The summed E-state index contributed by atoms with van der Waals surface area (Å²) in [6, 6.07) is 0. The van der Waals surface area contributed by atoms with E-state index in [4.69, 9.17) is 5.11 Å². The molecule has 0 amide bonds. The lowest BCUT2D eigenvalue weighted by molar-refractivity contribution is -0.142. The van der Waals surface area contributed by atoms with Crippen molar-refractivity contribution in [3.05, 3.63) is 16.6 Å². The second kappa shape index (κ2) is 4.09. The molecule has 0 radical (unpaired) electrons. The minimum Gasteiger partial charge on any atom is -0.481 e. The predicted molar refractivity (Wildman–Crippen MR) is 54.3 cm³/mol. The van der Waals surface area contributed by atoms with E-state index in [0.717, 1.165) is 30.7 Å². The van der Waals surface area contributed by atoms with Crippen LogP contribution in [0.2, 0.25) is 0 Å². The summed E-state index contributed by atoms with van der Waals surface area (Å²) in [6.45, 7) is 0. The molecule has 4 heteroatoms. The molecule has 1 aliphatic carbocycles. The first-order valence-corrected chi connectivity index (χ1v) is 5.76. The summed E-state index contributed by atoms with van der Waals surface area (Å²) in [6.07, 6.45) is 5.55. The van der Waals surface area contributed by atoms with Crippen molar-refractivity contribution in [1.29, 1.82) is 0 Å². The Hall–Kier alpha value is -0.900. The third-order valence-electron chi connectivity index (χ3n) is 2.90. The highest BCUT2D eigenvalue weighted by molar-refractivity contribution is 7.09. The molecule has 1 saturated carbocycles. The topological polar surface area (TPSA) is 50.2 Å². The van der Waals surface area contributed by atoms with E-state index in [1.807, 2.05) is 5.38 Å². The van der Waals surface area contributed by atoms with E-state index in [9.17, 15) is 4.79 Å². The van der Waals surface area contributed by atoms with Crippen molar-refractivity contribution in [1.82, 2.24) is 4.98 Å². The highest BCUT2D eigenvalue weighted by Gasteiger charge is 2.33. The second-order valence-corrected chi connectivity index (χ2v) is 4.74. The highest BCUT2D eigenvalue weighted by Crippen LogP contribution is 2.34. The van der Waals surface area contributed by atoms with Crippen LogP contribution >= 0.6 is 11.3 Å². The van der Waals surface area contributed by atoms with Gasteiger partial charge in [0.05, 0.1) is 10.9 Å². The van der Waals surface area contributed by atoms with Crippen LogP contribution in [0, 0.1) is 11.8 Å². The number of hydrogen-bond acceptors (Lipinski definition) is 3. The smallest absolute Gasteiger partial charge is 0.306 e. The zero-order chi connectivity index (χ0) is 9.97. The number of nitrogens with zero attached hydrogens (tertiary/aromatic N) is 1. The lowest BCUT2D eigenvalue weighted by atomic mass is 9.93. The summed E-state index contributed by atoms with van der Waals surface area (Å²) in [7, 11) is 0. The van der Waals surface area contributed by atoms with Crippen LogP contribution in [0.3, 0.4) is 0 Å². The van der Waals surface area contributed by atoms with Crippen molar-refractivity contribution < 1.29 is 9.90 Å². The Labute approximate surface area is 86.8 Å². The molecule has 0 aromatic carbocycles. The van der Waals surface area contributed by atoms with E-state index in [2.05, 4.69) is 4.98 Å². The van der Waals surface area contributed by atoms with Crippen molar-refractivity contribution in [3.8, 4) is 0 Å². The molecule has 1 fully saturated rings. The molecule has 2 rings (SSSR count). The molecule has 1 N–H and O–H groups in total. The fraction of sp³-hybridized carbons (Fsp3) is 0.600. The van der Waals surface area contributed by atoms with Gasteiger partial charge in [0.25, 0.3) is 0 Å². The van der Waals surface area contributed by atoms with Gasteiger partial charge >= 0.3 is 5.97 Å². The Morgan fingerprint density at radius 2 is 2.50 bits per heavy atom. The SMILES string of the molecule is O=C(O)C1CCCC1Cc1nccs1. The van der Waals surface area contributed by atoms with E-state index < -0.39 is 5.97 Å². The number of thiazole rings is 1. The van der Waals surface area contributed by atoms with E-state index in [1.165, 1.54) is 0 Å². The van der Waals surface area contributed by atoms with Gasteiger partial charge in [-0.1, -0.05) is 6.42 Å². The lowest BCUT2D eigenvalue weighted by Gasteiger charge is -2.13. The first-order chi connectivity index (χ1) is 6.77. The van der Waals surface area contributed by atoms with Crippen LogP contribution in [0.4, 0.5) is 0 Å². The van der Waals surface area contributed by atoms with Crippen molar-refractivity contribution in [2.45, 2.75) is 25.7 Å². The minimum absolute atomic E-state index is 0.140. The van der Waals surface area contributed by atoms with Crippen LogP contribution in [0.15, 0.2) is 11.6 Å². The maximum atomic E-state index is 10.9. The summed E-state index contributed by atoms with van der Waals surface area (Å²) < 4.78 is 0. The molecule has 1 aromatic heterocycles. The normalized spacial score (nSPS) is 26.6. The summed E-state index contributed by atoms with van der Waals surface area (Å²) >= 11 is 1.62. The molecule has 0 saturated heterocycles. The monoisotopic (exact) mass is 211 g/mol. The number of hydrogen-bond donors (Lipinski definition) is 1. The van der Waals surface area contributed by atoms with Gasteiger partial charge in [-0.3, -0.25) is 4.79 Å². The zero-order valence-corrected chi connectivity index (χ0v) is 8.67. The Morgan fingerprint density at radius 1 is 1.64 bits per heavy atom. The molecule has 0 spiro atoms. The lowest BCUT2D eigenvalue weighted by Crippen LogP contribution is -2.19. The molecule has 1 heterocycles. The molecule has 0 aliphatic heterocycles. The number of carbonyl (C=O) groups is 1. The molecular weight excluding hydrogens is 198 g/mol. The van der Waals surface area contributed by atoms with E-state index >= 15 is 0 Å². The third-order valence-corrected chi connectivity index (χ3v) is 3.70. The fourth-order valence-electron chi connectivity index (χ4n) is 2.18. The van der Waals surface area contributed by atoms with Gasteiger partial charge in [0.1, 0.15) is 0 Å². The number of aromatic nitrogens is 1. The van der Waals surface area contributed by atoms with E-state index in [-0.39, 0.29) is 5.92 Å². The Kier molecular flexibility index (Phi) is 2.82. The van der Waals surface area contributed by atoms with Crippen molar-refractivity contribution >= 4 is 17.3 Å². The highest BCUT2D eigenvalue weighted by atomic mass is 32.1. The molecule has 14 heavy (non-hydrogen) atoms. The van der Waals surface area contributed by atoms with Crippen LogP contribution in [0.25, 0.3) is 0 Å². The number of rotatable bonds is 3. The molecular formula is C10H13NO2S. The van der Waals surface area contributed by atoms with Crippen LogP contribution < -0.4 is 0 Å². The molecule has 76 valence electrons. The molecule has 2 unspecified atom stereocenters. The Bertz CT molecular complexity index is 310. The molecule has 1 aromatic rings. The molecule has 0 bridgehead atoms. The summed E-state index contributed by atoms with van der Waals surface area (Å²) in [5.74, 6) is -0.471. The maximum absolute atomic E-state index is 10.9. The van der Waals surface area contributed by atoms with Gasteiger partial charge in [-0.25, -0.2) is 4.98 Å². The van der Waals surface area contributed by atoms with Crippen molar-refractivity contribution in [2.75, 3.05) is 0 Å². The van der Waals surface area contributed by atoms with E-state index in [1.54, 1.807) is 17.5 Å². The number of carboxylic acid groups (broad SMARTS) is 1. The van der Waals surface area contributed by atoms with Gasteiger partial charge in [-0.2, -0.15) is 0 Å². The van der Waals surface area contributed by atoms with Gasteiger partial charge in [0.2, 0.25) is 0 Å². The van der Waals surface area contributed by atoms with Gasteiger partial charge < -0.3 is 5.11 Å². The molecule has 3 nitrogen and oxygen atoms in total. The average molecular weight is 211 g/mol. The van der Waals surface area contributed by atoms with Gasteiger partial charge in [-0.05, 0) is 18.8 Å². The summed E-state index contributed by atoms with van der Waals surface area (Å²) in [5.41, 5.74) is 0. The first kappa shape index (κ1) is 9.65.